The molecular weight excluding hydrogens is 526 g/mol. The van der Waals surface area contributed by atoms with E-state index in [-0.39, 0.29) is 22.8 Å². The van der Waals surface area contributed by atoms with E-state index in [1.54, 1.807) is 42.5 Å². The number of amides is 1. The molecule has 1 amide bonds. The molecule has 0 unspecified atom stereocenters. The summed E-state index contributed by atoms with van der Waals surface area (Å²) < 4.78 is 30.0. The maximum atomic E-state index is 12.7. The lowest BCUT2D eigenvalue weighted by Crippen LogP contribution is -2.42. The summed E-state index contributed by atoms with van der Waals surface area (Å²) in [5, 5.41) is 26.7. The molecule has 0 aliphatic carbocycles. The SMILES string of the molecule is CC(C)(CCn1ccc2cc(NC(=O)CC#N)ccc21)NC[C@H](O)c1cccc(NS(=O)(=O)c2ccccc2)c1. The smallest absolute Gasteiger partial charge is 0.261 e. The molecule has 0 aliphatic rings. The zero-order valence-corrected chi connectivity index (χ0v) is 23.3. The third-order valence-corrected chi connectivity index (χ3v) is 8.02. The molecule has 4 rings (SSSR count). The zero-order valence-electron chi connectivity index (χ0n) is 22.5. The molecule has 0 saturated carbocycles. The number of anilines is 2. The molecule has 0 bridgehead atoms. The second-order valence-electron chi connectivity index (χ2n) is 10.2. The number of carbonyl (C=O) groups is 1. The maximum Gasteiger partial charge on any atom is 0.261 e. The number of aromatic nitrogens is 1. The van der Waals surface area contributed by atoms with Crippen LogP contribution in [0.5, 0.6) is 0 Å². The van der Waals surface area contributed by atoms with Crippen molar-refractivity contribution in [2.24, 2.45) is 0 Å². The second-order valence-corrected chi connectivity index (χ2v) is 11.9. The molecule has 3 aromatic carbocycles. The fourth-order valence-corrected chi connectivity index (χ4v) is 5.42. The molecule has 0 fully saturated rings. The number of rotatable bonds is 12. The number of aryl methyl sites for hydroxylation is 1. The van der Waals surface area contributed by atoms with Crippen LogP contribution < -0.4 is 15.4 Å². The van der Waals surface area contributed by atoms with Crippen LogP contribution in [0, 0.1) is 11.3 Å². The summed E-state index contributed by atoms with van der Waals surface area (Å²) in [6.45, 7) is 5.16. The molecule has 208 valence electrons. The van der Waals surface area contributed by atoms with Crippen LogP contribution >= 0.6 is 0 Å². The van der Waals surface area contributed by atoms with Crippen molar-refractivity contribution in [1.82, 2.24) is 9.88 Å². The molecule has 1 aromatic heterocycles. The third kappa shape index (κ3) is 7.48. The van der Waals surface area contributed by atoms with Crippen molar-refractivity contribution in [2.75, 3.05) is 16.6 Å². The molecule has 4 N–H and O–H groups in total. The number of β-amino-alcohol motifs (C(OH)–C–C–N with tert-alkyl or cyclic N) is 1. The van der Waals surface area contributed by atoms with Gasteiger partial charge in [-0.25, -0.2) is 8.42 Å². The first-order valence-corrected chi connectivity index (χ1v) is 14.4. The van der Waals surface area contributed by atoms with Crippen molar-refractivity contribution in [3.05, 3.63) is 90.6 Å². The van der Waals surface area contributed by atoms with E-state index >= 15 is 0 Å². The largest absolute Gasteiger partial charge is 0.387 e. The first-order valence-electron chi connectivity index (χ1n) is 12.9. The van der Waals surface area contributed by atoms with Crippen LogP contribution in [0.4, 0.5) is 11.4 Å². The van der Waals surface area contributed by atoms with Gasteiger partial charge in [-0.15, -0.1) is 0 Å². The number of hydrogen-bond acceptors (Lipinski definition) is 6. The van der Waals surface area contributed by atoms with Gasteiger partial charge in [0.05, 0.1) is 17.1 Å². The lowest BCUT2D eigenvalue weighted by molar-refractivity contribution is -0.115. The number of nitriles is 1. The number of aliphatic hydroxyl groups is 1. The molecule has 9 nitrogen and oxygen atoms in total. The average molecular weight is 560 g/mol. The Labute approximate surface area is 234 Å². The first-order chi connectivity index (χ1) is 19.1. The maximum absolute atomic E-state index is 12.7. The second kappa shape index (κ2) is 12.3. The molecule has 0 spiro atoms. The van der Waals surface area contributed by atoms with Crippen molar-refractivity contribution in [3.8, 4) is 6.07 Å². The van der Waals surface area contributed by atoms with Gasteiger partial charge in [0.15, 0.2) is 0 Å². The van der Waals surface area contributed by atoms with Gasteiger partial charge in [0.1, 0.15) is 6.42 Å². The van der Waals surface area contributed by atoms with Crippen LogP contribution in [-0.4, -0.2) is 36.1 Å². The molecule has 0 radical (unpaired) electrons. The summed E-state index contributed by atoms with van der Waals surface area (Å²) in [6, 6.07) is 24.4. The Morgan fingerprint density at radius 3 is 2.55 bits per heavy atom. The van der Waals surface area contributed by atoms with E-state index in [0.717, 1.165) is 23.9 Å². The van der Waals surface area contributed by atoms with Gasteiger partial charge in [0, 0.05) is 47.1 Å². The lowest BCUT2D eigenvalue weighted by Gasteiger charge is -2.28. The molecule has 10 heteroatoms. The van der Waals surface area contributed by atoms with Crippen molar-refractivity contribution in [3.63, 3.8) is 0 Å². The van der Waals surface area contributed by atoms with Gasteiger partial charge < -0.3 is 20.3 Å². The van der Waals surface area contributed by atoms with E-state index in [2.05, 4.69) is 33.8 Å². The van der Waals surface area contributed by atoms with Crippen LogP contribution in [0.1, 0.15) is 38.4 Å². The number of nitrogens with zero attached hydrogens (tertiary/aromatic N) is 2. The highest BCUT2D eigenvalue weighted by molar-refractivity contribution is 7.92. The van der Waals surface area contributed by atoms with Gasteiger partial charge in [-0.05, 0) is 74.4 Å². The Bertz CT molecular complexity index is 1620. The van der Waals surface area contributed by atoms with Crippen LogP contribution in [0.2, 0.25) is 0 Å². The highest BCUT2D eigenvalue weighted by atomic mass is 32.2. The van der Waals surface area contributed by atoms with E-state index in [0.29, 0.717) is 23.5 Å². The topological polar surface area (TPSA) is 136 Å². The average Bonchev–Trinajstić information content (AvgIpc) is 3.33. The minimum Gasteiger partial charge on any atom is -0.387 e. The van der Waals surface area contributed by atoms with Gasteiger partial charge in [0.25, 0.3) is 10.0 Å². The molecule has 1 atom stereocenters. The van der Waals surface area contributed by atoms with Crippen molar-refractivity contribution in [2.45, 2.75) is 49.8 Å². The van der Waals surface area contributed by atoms with E-state index < -0.39 is 16.1 Å². The summed E-state index contributed by atoms with van der Waals surface area (Å²) in [5.41, 5.74) is 2.37. The number of aliphatic hydroxyl groups excluding tert-OH is 1. The van der Waals surface area contributed by atoms with Crippen LogP contribution in [0.25, 0.3) is 10.9 Å². The Morgan fingerprint density at radius 1 is 1.02 bits per heavy atom. The Hall–Kier alpha value is -4.17. The van der Waals surface area contributed by atoms with Gasteiger partial charge in [-0.3, -0.25) is 9.52 Å². The summed E-state index contributed by atoms with van der Waals surface area (Å²) in [6.07, 6.45) is 1.76. The van der Waals surface area contributed by atoms with Crippen LogP contribution in [0.3, 0.4) is 0 Å². The number of nitrogens with one attached hydrogen (secondary N) is 3. The zero-order chi connectivity index (χ0) is 28.8. The van der Waals surface area contributed by atoms with Crippen molar-refractivity contribution in [1.29, 1.82) is 5.26 Å². The molecule has 0 saturated heterocycles. The fourth-order valence-electron chi connectivity index (χ4n) is 4.35. The van der Waals surface area contributed by atoms with Crippen LogP contribution in [0.15, 0.2) is 90.0 Å². The number of carbonyl (C=O) groups excluding carboxylic acids is 1. The summed E-state index contributed by atoms with van der Waals surface area (Å²) >= 11 is 0. The first kappa shape index (κ1) is 28.8. The number of fused-ring (bicyclic) bond motifs is 1. The molecule has 40 heavy (non-hydrogen) atoms. The van der Waals surface area contributed by atoms with Gasteiger partial charge in [-0.2, -0.15) is 5.26 Å². The van der Waals surface area contributed by atoms with E-state index in [1.165, 1.54) is 12.1 Å². The minimum absolute atomic E-state index is 0.169. The Morgan fingerprint density at radius 2 is 1.80 bits per heavy atom. The summed E-state index contributed by atoms with van der Waals surface area (Å²) in [4.78, 5) is 11.9. The van der Waals surface area contributed by atoms with Gasteiger partial charge in [0.2, 0.25) is 5.91 Å². The van der Waals surface area contributed by atoms with Crippen molar-refractivity contribution < 1.29 is 18.3 Å². The molecule has 1 heterocycles. The number of sulfonamides is 1. The van der Waals surface area contributed by atoms with E-state index in [9.17, 15) is 18.3 Å². The van der Waals surface area contributed by atoms with Crippen molar-refractivity contribution >= 4 is 38.2 Å². The minimum atomic E-state index is -3.73. The van der Waals surface area contributed by atoms with Crippen LogP contribution in [-0.2, 0) is 21.4 Å². The normalized spacial score (nSPS) is 12.6. The van der Waals surface area contributed by atoms with E-state index in [4.69, 9.17) is 5.26 Å². The number of hydrogen-bond donors (Lipinski definition) is 4. The highest BCUT2D eigenvalue weighted by Crippen LogP contribution is 2.24. The third-order valence-electron chi connectivity index (χ3n) is 6.62. The summed E-state index contributed by atoms with van der Waals surface area (Å²) in [5.74, 6) is -0.337. The molecule has 0 aliphatic heterocycles. The highest BCUT2D eigenvalue weighted by Gasteiger charge is 2.20. The standard InChI is InChI=1S/C30H33N5O4S/c1-30(2,15-18-35-17-14-22-19-24(11-12-27(22)35)33-29(37)13-16-31)32-21-28(36)23-7-6-8-25(20-23)34-40(38,39)26-9-4-3-5-10-26/h3-12,14,17,19-20,28,32,34,36H,13,15,18,21H2,1-2H3,(H,33,37)/t28-/m0/s1. The fraction of sp³-hybridized carbons (Fsp3) is 0.267. The monoisotopic (exact) mass is 559 g/mol. The quantitative estimate of drug-likeness (QED) is 0.197. The Kier molecular flexibility index (Phi) is 8.90. The van der Waals surface area contributed by atoms with Gasteiger partial charge >= 0.3 is 0 Å². The molecular formula is C30H33N5O4S. The van der Waals surface area contributed by atoms with E-state index in [1.807, 2.05) is 36.5 Å². The Balaban J connectivity index is 1.33. The number of benzene rings is 3. The lowest BCUT2D eigenvalue weighted by atomic mass is 9.99. The van der Waals surface area contributed by atoms with Gasteiger partial charge in [-0.1, -0.05) is 30.3 Å². The molecule has 4 aromatic rings. The summed E-state index contributed by atoms with van der Waals surface area (Å²) in [7, 11) is -3.73. The predicted molar refractivity (Wildman–Crippen MR) is 156 cm³/mol. The predicted octanol–water partition coefficient (Wildman–Crippen LogP) is 4.79.